The van der Waals surface area contributed by atoms with Crippen molar-refractivity contribution in [3.8, 4) is 0 Å². The van der Waals surface area contributed by atoms with Crippen molar-refractivity contribution in [3.63, 3.8) is 0 Å². The lowest BCUT2D eigenvalue weighted by atomic mass is 9.89. The van der Waals surface area contributed by atoms with Crippen LogP contribution in [0.2, 0.25) is 0 Å². The van der Waals surface area contributed by atoms with Crippen LogP contribution >= 0.6 is 0 Å². The molecule has 0 aromatic heterocycles. The summed E-state index contributed by atoms with van der Waals surface area (Å²) >= 11 is 0. The molecule has 2 unspecified atom stereocenters. The maximum absolute atomic E-state index is 12.9. The Morgan fingerprint density at radius 2 is 1.62 bits per heavy atom. The molecule has 0 nitrogen and oxygen atoms in total. The van der Waals surface area contributed by atoms with Crippen LogP contribution in [0.3, 0.4) is 0 Å². The van der Waals surface area contributed by atoms with E-state index in [1.807, 2.05) is 6.07 Å². The van der Waals surface area contributed by atoms with Gasteiger partial charge in [0.1, 0.15) is 5.82 Å². The van der Waals surface area contributed by atoms with Gasteiger partial charge in [-0.2, -0.15) is 0 Å². The second-order valence-electron chi connectivity index (χ2n) is 3.82. The smallest absolute Gasteiger partial charge is 0.123 e. The summed E-state index contributed by atoms with van der Waals surface area (Å²) in [5.41, 5.74) is 0. The van der Waals surface area contributed by atoms with Crippen LogP contribution in [0.5, 0.6) is 0 Å². The Morgan fingerprint density at radius 3 is 2.31 bits per heavy atom. The highest BCUT2D eigenvalue weighted by molar-refractivity contribution is 5.42. The number of hydrogen-bond donors (Lipinski definition) is 0. The third-order valence-corrected chi connectivity index (χ3v) is 2.76. The minimum atomic E-state index is -0.148. The summed E-state index contributed by atoms with van der Waals surface area (Å²) in [6.45, 7) is 4.35. The summed E-state index contributed by atoms with van der Waals surface area (Å²) in [5, 5.41) is 2.19. The monoisotopic (exact) mass is 176 g/mol. The van der Waals surface area contributed by atoms with Crippen LogP contribution in [0, 0.1) is 17.7 Å². The molecule has 0 heterocycles. The quantitative estimate of drug-likeness (QED) is 0.564. The van der Waals surface area contributed by atoms with Crippen LogP contribution in [0.1, 0.15) is 13.8 Å². The molecule has 0 aliphatic heterocycles. The Kier molecular flexibility index (Phi) is 1.95. The second-order valence-corrected chi connectivity index (χ2v) is 3.82. The highest BCUT2D eigenvalue weighted by Crippen LogP contribution is 2.15. The molecule has 68 valence electrons. The van der Waals surface area contributed by atoms with Crippen molar-refractivity contribution in [1.29, 1.82) is 0 Å². The fraction of sp³-hybridized carbons (Fsp3) is 0.333. The van der Waals surface area contributed by atoms with Crippen LogP contribution < -0.4 is 10.4 Å². The van der Waals surface area contributed by atoms with Gasteiger partial charge >= 0.3 is 0 Å². The summed E-state index contributed by atoms with van der Waals surface area (Å²) in [6.07, 6.45) is 4.35. The van der Waals surface area contributed by atoms with E-state index in [1.165, 1.54) is 6.07 Å². The molecule has 0 saturated heterocycles. The number of halogens is 1. The fourth-order valence-electron chi connectivity index (χ4n) is 1.71. The summed E-state index contributed by atoms with van der Waals surface area (Å²) < 4.78 is 12.9. The Bertz CT molecular complexity index is 431. The molecule has 2 rings (SSSR count). The van der Waals surface area contributed by atoms with Crippen molar-refractivity contribution in [2.45, 2.75) is 13.8 Å². The molecule has 0 bridgehead atoms. The van der Waals surface area contributed by atoms with Gasteiger partial charge in [-0.3, -0.25) is 0 Å². The van der Waals surface area contributed by atoms with Crippen LogP contribution in [0.25, 0.3) is 12.2 Å². The number of rotatable bonds is 0. The van der Waals surface area contributed by atoms with E-state index in [0.717, 1.165) is 10.4 Å². The molecule has 2 atom stereocenters. The molecular weight excluding hydrogens is 163 g/mol. The molecule has 1 aromatic rings. The number of hydrogen-bond acceptors (Lipinski definition) is 0. The normalized spacial score (nSPS) is 25.8. The second kappa shape index (κ2) is 2.99. The SMILES string of the molecule is CC1C=c2ccc(F)cc2=CC1C. The van der Waals surface area contributed by atoms with Crippen molar-refractivity contribution in [1.82, 2.24) is 0 Å². The van der Waals surface area contributed by atoms with Crippen molar-refractivity contribution in [3.05, 3.63) is 34.5 Å². The summed E-state index contributed by atoms with van der Waals surface area (Å²) in [4.78, 5) is 0. The Labute approximate surface area is 77.4 Å². The van der Waals surface area contributed by atoms with E-state index in [1.54, 1.807) is 6.07 Å². The van der Waals surface area contributed by atoms with Gasteiger partial charge in [-0.15, -0.1) is 0 Å². The van der Waals surface area contributed by atoms with Gasteiger partial charge in [0, 0.05) is 0 Å². The van der Waals surface area contributed by atoms with Gasteiger partial charge in [0.05, 0.1) is 0 Å². The average Bonchev–Trinajstić information content (AvgIpc) is 2.08. The Hall–Kier alpha value is -1.11. The molecule has 13 heavy (non-hydrogen) atoms. The molecule has 1 aliphatic carbocycles. The zero-order valence-electron chi connectivity index (χ0n) is 7.92. The van der Waals surface area contributed by atoms with Gasteiger partial charge in [-0.1, -0.05) is 32.1 Å². The maximum Gasteiger partial charge on any atom is 0.123 e. The van der Waals surface area contributed by atoms with Crippen LogP contribution in [-0.4, -0.2) is 0 Å². The minimum Gasteiger partial charge on any atom is -0.207 e. The molecule has 0 amide bonds. The van der Waals surface area contributed by atoms with E-state index in [9.17, 15) is 4.39 Å². The lowest BCUT2D eigenvalue weighted by Gasteiger charge is -2.15. The van der Waals surface area contributed by atoms with Gasteiger partial charge in [-0.25, -0.2) is 4.39 Å². The first kappa shape index (κ1) is 8.49. The summed E-state index contributed by atoms with van der Waals surface area (Å²) in [7, 11) is 0. The molecule has 0 saturated carbocycles. The Balaban J connectivity index is 2.70. The van der Waals surface area contributed by atoms with E-state index in [2.05, 4.69) is 26.0 Å². The van der Waals surface area contributed by atoms with Crippen LogP contribution in [0.15, 0.2) is 18.2 Å². The summed E-state index contributed by atoms with van der Waals surface area (Å²) in [5.74, 6) is 0.914. The molecule has 0 fully saturated rings. The zero-order valence-corrected chi connectivity index (χ0v) is 7.92. The molecular formula is C12H13F. The molecule has 1 aromatic carbocycles. The van der Waals surface area contributed by atoms with Crippen LogP contribution in [-0.2, 0) is 0 Å². The number of benzene rings is 1. The molecule has 0 spiro atoms. The predicted octanol–water partition coefficient (Wildman–Crippen LogP) is 1.67. The lowest BCUT2D eigenvalue weighted by molar-refractivity contribution is 0.602. The van der Waals surface area contributed by atoms with E-state index in [-0.39, 0.29) is 5.82 Å². The first-order valence-corrected chi connectivity index (χ1v) is 4.66. The fourth-order valence-corrected chi connectivity index (χ4v) is 1.71. The summed E-state index contributed by atoms with van der Waals surface area (Å²) in [6, 6.07) is 4.98. The van der Waals surface area contributed by atoms with E-state index in [0.29, 0.717) is 11.8 Å². The Morgan fingerprint density at radius 1 is 1.00 bits per heavy atom. The van der Waals surface area contributed by atoms with Gasteiger partial charge in [0.2, 0.25) is 0 Å². The first-order valence-electron chi connectivity index (χ1n) is 4.66. The molecule has 1 heteroatoms. The predicted molar refractivity (Wildman–Crippen MR) is 52.9 cm³/mol. The zero-order chi connectivity index (χ0) is 9.42. The van der Waals surface area contributed by atoms with E-state index < -0.39 is 0 Å². The van der Waals surface area contributed by atoms with Gasteiger partial charge in [0.25, 0.3) is 0 Å². The van der Waals surface area contributed by atoms with E-state index >= 15 is 0 Å². The molecule has 0 radical (unpaired) electrons. The standard InChI is InChI=1S/C12H13F/c1-8-5-10-3-4-12(13)7-11(10)6-9(8)2/h3-9H,1-2H3. The maximum atomic E-state index is 12.9. The highest BCUT2D eigenvalue weighted by atomic mass is 19.1. The first-order chi connectivity index (χ1) is 6.16. The third kappa shape index (κ3) is 1.51. The van der Waals surface area contributed by atoms with Crippen molar-refractivity contribution in [2.75, 3.05) is 0 Å². The largest absolute Gasteiger partial charge is 0.207 e. The van der Waals surface area contributed by atoms with Gasteiger partial charge in [0.15, 0.2) is 0 Å². The minimum absolute atomic E-state index is 0.148. The molecule has 0 N–H and O–H groups in total. The van der Waals surface area contributed by atoms with Crippen molar-refractivity contribution < 1.29 is 4.39 Å². The van der Waals surface area contributed by atoms with Gasteiger partial charge < -0.3 is 0 Å². The topological polar surface area (TPSA) is 0 Å². The van der Waals surface area contributed by atoms with Crippen LogP contribution in [0.4, 0.5) is 4.39 Å². The van der Waals surface area contributed by atoms with Gasteiger partial charge in [-0.05, 0) is 34.4 Å². The average molecular weight is 176 g/mol. The van der Waals surface area contributed by atoms with Crippen molar-refractivity contribution >= 4 is 12.2 Å². The third-order valence-electron chi connectivity index (χ3n) is 2.76. The number of fused-ring (bicyclic) bond motifs is 1. The van der Waals surface area contributed by atoms with Crippen molar-refractivity contribution in [2.24, 2.45) is 11.8 Å². The van der Waals surface area contributed by atoms with E-state index in [4.69, 9.17) is 0 Å². The molecule has 1 aliphatic rings. The lowest BCUT2D eigenvalue weighted by Crippen LogP contribution is -2.31. The highest BCUT2D eigenvalue weighted by Gasteiger charge is 2.10.